The minimum Gasteiger partial charge on any atom is -0.488 e. The second kappa shape index (κ2) is 10.4. The Hall–Kier alpha value is -3.69. The summed E-state index contributed by atoms with van der Waals surface area (Å²) in [7, 11) is 0. The summed E-state index contributed by atoms with van der Waals surface area (Å²) in [4.78, 5) is 39.0. The summed E-state index contributed by atoms with van der Waals surface area (Å²) in [5, 5.41) is 4.96. The molecule has 0 saturated carbocycles. The van der Waals surface area contributed by atoms with Gasteiger partial charge in [-0.2, -0.15) is 0 Å². The zero-order valence-electron chi connectivity index (χ0n) is 19.6. The van der Waals surface area contributed by atoms with Crippen LogP contribution in [0.4, 0.5) is 10.5 Å². The lowest BCUT2D eigenvalue weighted by molar-refractivity contribution is -0.122. The summed E-state index contributed by atoms with van der Waals surface area (Å²) in [6.07, 6.45) is 1.46. The molecular formula is C29H20ClIN2O4. The number of urea groups is 1. The van der Waals surface area contributed by atoms with Gasteiger partial charge in [-0.25, -0.2) is 9.69 Å². The van der Waals surface area contributed by atoms with Crippen LogP contribution in [0.1, 0.15) is 16.7 Å². The number of ether oxygens (including phenoxy) is 1. The quantitative estimate of drug-likeness (QED) is 0.154. The molecule has 37 heavy (non-hydrogen) atoms. The molecular weight excluding hydrogens is 603 g/mol. The van der Waals surface area contributed by atoms with Crippen molar-refractivity contribution in [1.82, 2.24) is 5.32 Å². The van der Waals surface area contributed by atoms with Crippen molar-refractivity contribution in [2.45, 2.75) is 13.5 Å². The monoisotopic (exact) mass is 622 g/mol. The van der Waals surface area contributed by atoms with E-state index in [-0.39, 0.29) is 11.3 Å². The number of benzene rings is 4. The molecule has 1 aliphatic heterocycles. The van der Waals surface area contributed by atoms with Crippen LogP contribution in [-0.4, -0.2) is 17.8 Å². The fourth-order valence-electron chi connectivity index (χ4n) is 3.99. The summed E-state index contributed by atoms with van der Waals surface area (Å²) < 4.78 is 6.84. The third-order valence-corrected chi connectivity index (χ3v) is 7.24. The molecule has 184 valence electrons. The third-order valence-electron chi connectivity index (χ3n) is 5.99. The lowest BCUT2D eigenvalue weighted by Crippen LogP contribution is -2.54. The number of fused-ring (bicyclic) bond motifs is 1. The molecule has 6 nitrogen and oxygen atoms in total. The molecule has 1 aliphatic rings. The van der Waals surface area contributed by atoms with Gasteiger partial charge in [0.25, 0.3) is 11.8 Å². The molecule has 1 fully saturated rings. The first-order valence-corrected chi connectivity index (χ1v) is 12.8. The maximum absolute atomic E-state index is 13.2. The summed E-state index contributed by atoms with van der Waals surface area (Å²) >= 11 is 8.33. The van der Waals surface area contributed by atoms with Gasteiger partial charge in [0.2, 0.25) is 0 Å². The van der Waals surface area contributed by atoms with Crippen LogP contribution in [0.3, 0.4) is 0 Å². The van der Waals surface area contributed by atoms with Gasteiger partial charge in [-0.05, 0) is 93.4 Å². The highest BCUT2D eigenvalue weighted by molar-refractivity contribution is 14.1. The van der Waals surface area contributed by atoms with Crippen molar-refractivity contribution in [1.29, 1.82) is 0 Å². The van der Waals surface area contributed by atoms with Gasteiger partial charge in [0, 0.05) is 5.02 Å². The van der Waals surface area contributed by atoms with Crippen molar-refractivity contribution in [3.05, 3.63) is 110 Å². The Bertz CT molecular complexity index is 1620. The Morgan fingerprint density at radius 1 is 0.946 bits per heavy atom. The third kappa shape index (κ3) is 5.23. The van der Waals surface area contributed by atoms with E-state index in [9.17, 15) is 14.4 Å². The van der Waals surface area contributed by atoms with Gasteiger partial charge >= 0.3 is 6.03 Å². The topological polar surface area (TPSA) is 75.7 Å². The predicted octanol–water partition coefficient (Wildman–Crippen LogP) is 6.65. The molecule has 1 N–H and O–H groups in total. The highest BCUT2D eigenvalue weighted by atomic mass is 127. The number of barbiturate groups is 1. The molecule has 4 aromatic carbocycles. The lowest BCUT2D eigenvalue weighted by atomic mass is 10.1. The maximum Gasteiger partial charge on any atom is 0.335 e. The summed E-state index contributed by atoms with van der Waals surface area (Å²) in [6, 6.07) is 23.7. The van der Waals surface area contributed by atoms with E-state index in [1.165, 1.54) is 17.5 Å². The number of aryl methyl sites for hydroxylation is 1. The van der Waals surface area contributed by atoms with Gasteiger partial charge < -0.3 is 4.74 Å². The molecule has 0 aliphatic carbocycles. The molecule has 0 spiro atoms. The van der Waals surface area contributed by atoms with E-state index in [2.05, 4.69) is 52.2 Å². The van der Waals surface area contributed by atoms with Crippen molar-refractivity contribution < 1.29 is 19.1 Å². The van der Waals surface area contributed by atoms with Crippen molar-refractivity contribution in [3.8, 4) is 5.75 Å². The van der Waals surface area contributed by atoms with Gasteiger partial charge in [0.05, 0.1) is 9.26 Å². The number of anilines is 1. The molecule has 5 rings (SSSR count). The van der Waals surface area contributed by atoms with Crippen molar-refractivity contribution in [2.75, 3.05) is 4.90 Å². The largest absolute Gasteiger partial charge is 0.488 e. The molecule has 1 saturated heterocycles. The van der Waals surface area contributed by atoms with E-state index in [1.807, 2.05) is 31.2 Å². The molecule has 8 heteroatoms. The second-order valence-electron chi connectivity index (χ2n) is 8.55. The van der Waals surface area contributed by atoms with Crippen LogP contribution in [0.5, 0.6) is 5.75 Å². The molecule has 0 atom stereocenters. The average Bonchev–Trinajstić information content (AvgIpc) is 2.88. The van der Waals surface area contributed by atoms with E-state index in [0.717, 1.165) is 25.0 Å². The smallest absolute Gasteiger partial charge is 0.335 e. The van der Waals surface area contributed by atoms with E-state index in [4.69, 9.17) is 16.3 Å². The Morgan fingerprint density at radius 3 is 2.49 bits per heavy atom. The molecule has 4 amide bonds. The second-order valence-corrected chi connectivity index (χ2v) is 10.1. The fourth-order valence-corrected chi connectivity index (χ4v) is 4.86. The van der Waals surface area contributed by atoms with Crippen molar-refractivity contribution in [3.63, 3.8) is 0 Å². The van der Waals surface area contributed by atoms with Crippen LogP contribution in [0.15, 0.2) is 84.4 Å². The Morgan fingerprint density at radius 2 is 1.73 bits per heavy atom. The van der Waals surface area contributed by atoms with E-state index in [0.29, 0.717) is 22.9 Å². The zero-order chi connectivity index (χ0) is 26.1. The average molecular weight is 623 g/mol. The summed E-state index contributed by atoms with van der Waals surface area (Å²) in [5.41, 5.74) is 2.60. The van der Waals surface area contributed by atoms with E-state index in [1.54, 1.807) is 24.3 Å². The number of carbonyl (C=O) groups is 3. The van der Waals surface area contributed by atoms with E-state index < -0.39 is 17.8 Å². The number of nitrogens with one attached hydrogen (secondary N) is 1. The number of nitrogens with zero attached hydrogens (tertiary/aromatic N) is 1. The highest BCUT2D eigenvalue weighted by Crippen LogP contribution is 2.28. The van der Waals surface area contributed by atoms with Gasteiger partial charge in [-0.1, -0.05) is 60.1 Å². The Kier molecular flexibility index (Phi) is 6.99. The van der Waals surface area contributed by atoms with Gasteiger partial charge in [-0.3, -0.25) is 14.9 Å². The number of halogens is 2. The van der Waals surface area contributed by atoms with Crippen LogP contribution in [0.25, 0.3) is 16.8 Å². The number of amides is 4. The first kappa shape index (κ1) is 25.0. The van der Waals surface area contributed by atoms with Crippen LogP contribution in [-0.2, 0) is 16.2 Å². The van der Waals surface area contributed by atoms with Crippen LogP contribution < -0.4 is 15.0 Å². The molecule has 4 aromatic rings. The van der Waals surface area contributed by atoms with Gasteiger partial charge in [-0.15, -0.1) is 0 Å². The molecule has 0 unspecified atom stereocenters. The van der Waals surface area contributed by atoms with Gasteiger partial charge in [0.15, 0.2) is 0 Å². The summed E-state index contributed by atoms with van der Waals surface area (Å²) in [5.74, 6) is -0.794. The van der Waals surface area contributed by atoms with Crippen LogP contribution >= 0.6 is 34.2 Å². The molecule has 0 radical (unpaired) electrons. The number of hydrogen-bond acceptors (Lipinski definition) is 4. The van der Waals surface area contributed by atoms with Crippen molar-refractivity contribution >= 4 is 74.6 Å². The summed E-state index contributed by atoms with van der Waals surface area (Å²) in [6.45, 7) is 2.22. The van der Waals surface area contributed by atoms with Gasteiger partial charge in [0.1, 0.15) is 17.9 Å². The minimum absolute atomic E-state index is 0.156. The molecule has 0 aromatic heterocycles. The predicted molar refractivity (Wildman–Crippen MR) is 153 cm³/mol. The Labute approximate surface area is 232 Å². The van der Waals surface area contributed by atoms with Crippen LogP contribution in [0, 0.1) is 10.5 Å². The first-order chi connectivity index (χ1) is 17.8. The first-order valence-electron chi connectivity index (χ1n) is 11.4. The maximum atomic E-state index is 13.2. The standard InChI is InChI=1S/C29H20ClIN2O4/c1-17-6-10-22(15-24(17)30)33-28(35)23(27(34)32-29(33)36)13-18-8-11-26(25(31)14-18)37-16-19-7-9-20-4-2-3-5-21(20)12-19/h2-15H,16H2,1H3,(H,32,34,36)/b23-13-. The molecule has 1 heterocycles. The Balaban J connectivity index is 1.36. The SMILES string of the molecule is Cc1ccc(N2C(=O)NC(=O)/C(=C/c3ccc(OCc4ccc5ccccc5c4)c(I)c3)C2=O)cc1Cl. The minimum atomic E-state index is -0.820. The zero-order valence-corrected chi connectivity index (χ0v) is 22.5. The van der Waals surface area contributed by atoms with Crippen LogP contribution in [0.2, 0.25) is 5.02 Å². The van der Waals surface area contributed by atoms with Crippen molar-refractivity contribution in [2.24, 2.45) is 0 Å². The lowest BCUT2D eigenvalue weighted by Gasteiger charge is -2.26. The number of imide groups is 2. The fraction of sp³-hybridized carbons (Fsp3) is 0.0690. The number of rotatable bonds is 5. The number of hydrogen-bond donors (Lipinski definition) is 1. The van der Waals surface area contributed by atoms with E-state index >= 15 is 0 Å². The normalized spacial score (nSPS) is 14.8. The molecule has 0 bridgehead atoms. The number of carbonyl (C=O) groups excluding carboxylic acids is 3. The highest BCUT2D eigenvalue weighted by Gasteiger charge is 2.37.